The summed E-state index contributed by atoms with van der Waals surface area (Å²) in [4.78, 5) is 11.5. The Hall–Kier alpha value is -1.87. The van der Waals surface area contributed by atoms with Gasteiger partial charge in [0.2, 0.25) is 0 Å². The van der Waals surface area contributed by atoms with Gasteiger partial charge in [0.05, 0.1) is 12.7 Å². The van der Waals surface area contributed by atoms with Crippen LogP contribution in [0.2, 0.25) is 0 Å². The molecule has 96 valence electrons. The predicted octanol–water partition coefficient (Wildman–Crippen LogP) is 2.69. The molecule has 4 nitrogen and oxygen atoms in total. The molecular weight excluding hydrogens is 268 g/mol. The van der Waals surface area contributed by atoms with Gasteiger partial charge in [-0.3, -0.25) is 0 Å². The minimum absolute atomic E-state index is 0.00424. The molecule has 0 unspecified atom stereocenters. The smallest absolute Gasteiger partial charge is 0.387 e. The van der Waals surface area contributed by atoms with E-state index in [0.717, 1.165) is 7.11 Å². The van der Waals surface area contributed by atoms with E-state index < -0.39 is 18.3 Å². The first-order valence-corrected chi connectivity index (χ1v) is 5.23. The Labute approximate surface area is 107 Å². The van der Waals surface area contributed by atoms with Gasteiger partial charge in [-0.1, -0.05) is 0 Å². The van der Waals surface area contributed by atoms with Gasteiger partial charge in [0.15, 0.2) is 0 Å². The highest BCUT2D eigenvalue weighted by Gasteiger charge is 2.22. The maximum Gasteiger partial charge on any atom is 0.387 e. The zero-order valence-electron chi connectivity index (χ0n) is 9.25. The molecule has 0 fully saturated rings. The lowest BCUT2D eigenvalue weighted by atomic mass is 10.0. The zero-order chi connectivity index (χ0) is 13.7. The summed E-state index contributed by atoms with van der Waals surface area (Å²) < 4.78 is 33.1. The summed E-state index contributed by atoms with van der Waals surface area (Å²) in [5.74, 6) is -1.36. The average Bonchev–Trinajstić information content (AvgIpc) is 2.36. The molecule has 1 aromatic carbocycles. The lowest BCUT2D eigenvalue weighted by molar-refractivity contribution is -0.0504. The molecule has 0 radical (unpaired) electrons. The van der Waals surface area contributed by atoms with Crippen molar-refractivity contribution in [2.75, 3.05) is 7.11 Å². The average molecular weight is 276 g/mol. The Morgan fingerprint density at radius 1 is 1.56 bits per heavy atom. The van der Waals surface area contributed by atoms with Gasteiger partial charge in [-0.2, -0.15) is 14.0 Å². The van der Waals surface area contributed by atoms with Crippen LogP contribution in [0.4, 0.5) is 8.78 Å². The fraction of sp³-hybridized carbons (Fsp3) is 0.273. The number of carbonyl (C=O) groups is 1. The Bertz CT molecular complexity index is 500. The van der Waals surface area contributed by atoms with Gasteiger partial charge in [0.1, 0.15) is 17.4 Å². The molecule has 0 heterocycles. The van der Waals surface area contributed by atoms with Crippen molar-refractivity contribution in [3.63, 3.8) is 0 Å². The van der Waals surface area contributed by atoms with Crippen molar-refractivity contribution in [1.82, 2.24) is 0 Å². The molecule has 18 heavy (non-hydrogen) atoms. The van der Waals surface area contributed by atoms with Crippen LogP contribution in [0.1, 0.15) is 21.5 Å². The monoisotopic (exact) mass is 275 g/mol. The largest absolute Gasteiger partial charge is 0.465 e. The molecule has 1 rings (SSSR count). The molecule has 0 amide bonds. The molecule has 0 aromatic heterocycles. The van der Waals surface area contributed by atoms with Crippen molar-refractivity contribution >= 4 is 17.6 Å². The van der Waals surface area contributed by atoms with Crippen LogP contribution in [0.15, 0.2) is 12.1 Å². The third kappa shape index (κ3) is 3.08. The summed E-state index contributed by atoms with van der Waals surface area (Å²) in [6.07, 6.45) is 0. The number of alkyl halides is 3. The van der Waals surface area contributed by atoms with Crippen LogP contribution in [0.3, 0.4) is 0 Å². The molecule has 7 heteroatoms. The topological polar surface area (TPSA) is 59.3 Å². The maximum absolute atomic E-state index is 12.2. The summed E-state index contributed by atoms with van der Waals surface area (Å²) in [7, 11) is 1.07. The molecule has 0 aliphatic rings. The summed E-state index contributed by atoms with van der Waals surface area (Å²) in [5, 5.41) is 8.90. The summed E-state index contributed by atoms with van der Waals surface area (Å²) in [6, 6.07) is 4.20. The quantitative estimate of drug-likeness (QED) is 0.626. The minimum atomic E-state index is -3.12. The number of rotatable bonds is 4. The van der Waals surface area contributed by atoms with E-state index in [9.17, 15) is 13.6 Å². The van der Waals surface area contributed by atoms with Crippen molar-refractivity contribution < 1.29 is 23.0 Å². The van der Waals surface area contributed by atoms with E-state index in [1.165, 1.54) is 12.1 Å². The highest BCUT2D eigenvalue weighted by atomic mass is 35.5. The lowest BCUT2D eigenvalue weighted by Gasteiger charge is -2.12. The van der Waals surface area contributed by atoms with E-state index in [1.54, 1.807) is 6.07 Å². The minimum Gasteiger partial charge on any atom is -0.465 e. The third-order valence-electron chi connectivity index (χ3n) is 2.04. The Morgan fingerprint density at radius 3 is 2.67 bits per heavy atom. The van der Waals surface area contributed by atoms with E-state index in [-0.39, 0.29) is 17.0 Å². The number of benzene rings is 1. The van der Waals surface area contributed by atoms with Crippen molar-refractivity contribution in [2.45, 2.75) is 12.5 Å². The van der Waals surface area contributed by atoms with E-state index in [0.29, 0.717) is 5.56 Å². The van der Waals surface area contributed by atoms with Crippen LogP contribution in [-0.2, 0) is 10.6 Å². The van der Waals surface area contributed by atoms with Crippen LogP contribution in [0, 0.1) is 11.3 Å². The van der Waals surface area contributed by atoms with E-state index in [1.807, 2.05) is 0 Å². The zero-order valence-corrected chi connectivity index (χ0v) is 10.0. The van der Waals surface area contributed by atoms with E-state index in [4.69, 9.17) is 16.9 Å². The van der Waals surface area contributed by atoms with E-state index >= 15 is 0 Å². The standard InChI is InChI=1S/C11H8ClF2NO3/c1-17-10(16)9-7(5-15)2-6(4-12)3-8(9)18-11(13)14/h2-3,11H,4H2,1H3. The first-order valence-electron chi connectivity index (χ1n) is 4.69. The van der Waals surface area contributed by atoms with Crippen molar-refractivity contribution in [1.29, 1.82) is 5.26 Å². The number of nitrogens with zero attached hydrogens (tertiary/aromatic N) is 1. The summed E-state index contributed by atoms with van der Waals surface area (Å²) in [5.41, 5.74) is -0.0821. The fourth-order valence-corrected chi connectivity index (χ4v) is 1.49. The van der Waals surface area contributed by atoms with Gasteiger partial charge in [-0.15, -0.1) is 11.6 Å². The number of nitriles is 1. The van der Waals surface area contributed by atoms with Gasteiger partial charge in [0, 0.05) is 5.88 Å². The van der Waals surface area contributed by atoms with Crippen molar-refractivity contribution in [2.24, 2.45) is 0 Å². The molecule has 1 aromatic rings. The van der Waals surface area contributed by atoms with Gasteiger partial charge >= 0.3 is 12.6 Å². The van der Waals surface area contributed by atoms with Gasteiger partial charge in [-0.25, -0.2) is 4.79 Å². The molecule has 0 atom stereocenters. The first-order chi connectivity index (χ1) is 8.53. The molecule has 0 spiro atoms. The van der Waals surface area contributed by atoms with Crippen molar-refractivity contribution in [3.05, 3.63) is 28.8 Å². The third-order valence-corrected chi connectivity index (χ3v) is 2.35. The number of methoxy groups -OCH3 is 1. The number of hydrogen-bond donors (Lipinski definition) is 0. The molecule has 0 saturated carbocycles. The second-order valence-electron chi connectivity index (χ2n) is 3.13. The van der Waals surface area contributed by atoms with Crippen LogP contribution in [0.5, 0.6) is 5.75 Å². The lowest BCUT2D eigenvalue weighted by Crippen LogP contribution is -2.11. The van der Waals surface area contributed by atoms with Crippen LogP contribution < -0.4 is 4.74 Å². The summed E-state index contributed by atoms with van der Waals surface area (Å²) >= 11 is 5.56. The Balaban J connectivity index is 3.43. The van der Waals surface area contributed by atoms with Crippen LogP contribution in [0.25, 0.3) is 0 Å². The van der Waals surface area contributed by atoms with Gasteiger partial charge in [0.25, 0.3) is 0 Å². The molecule has 0 saturated heterocycles. The van der Waals surface area contributed by atoms with Crippen LogP contribution in [-0.4, -0.2) is 19.7 Å². The van der Waals surface area contributed by atoms with Gasteiger partial charge in [-0.05, 0) is 17.7 Å². The summed E-state index contributed by atoms with van der Waals surface area (Å²) in [6.45, 7) is -3.12. The second kappa shape index (κ2) is 6.17. The molecular formula is C11H8ClF2NO3. The van der Waals surface area contributed by atoms with E-state index in [2.05, 4.69) is 9.47 Å². The maximum atomic E-state index is 12.2. The fourth-order valence-electron chi connectivity index (χ4n) is 1.34. The highest BCUT2D eigenvalue weighted by Crippen LogP contribution is 2.27. The first kappa shape index (κ1) is 14.2. The number of esters is 1. The second-order valence-corrected chi connectivity index (χ2v) is 3.40. The molecule has 0 N–H and O–H groups in total. The van der Waals surface area contributed by atoms with Crippen molar-refractivity contribution in [3.8, 4) is 11.8 Å². The SMILES string of the molecule is COC(=O)c1c(C#N)cc(CCl)cc1OC(F)F. The molecule has 0 bridgehead atoms. The van der Waals surface area contributed by atoms with Crippen LogP contribution >= 0.6 is 11.6 Å². The van der Waals surface area contributed by atoms with Gasteiger partial charge < -0.3 is 9.47 Å². The molecule has 0 aliphatic carbocycles. The molecule has 0 aliphatic heterocycles. The normalized spacial score (nSPS) is 10.0. The number of halogens is 3. The Morgan fingerprint density at radius 2 is 2.22 bits per heavy atom. The number of carbonyl (C=O) groups excluding carboxylic acids is 1. The predicted molar refractivity (Wildman–Crippen MR) is 58.7 cm³/mol. The number of hydrogen-bond acceptors (Lipinski definition) is 4. The highest BCUT2D eigenvalue weighted by molar-refractivity contribution is 6.17. The number of ether oxygens (including phenoxy) is 2. The Kier molecular flexibility index (Phi) is 4.86.